The molecule has 0 bridgehead atoms. The maximum absolute atomic E-state index is 12.4. The Bertz CT molecular complexity index is 678. The van der Waals surface area contributed by atoms with Crippen LogP contribution in [0.4, 0.5) is 0 Å². The van der Waals surface area contributed by atoms with Crippen LogP contribution in [0.2, 0.25) is 0 Å². The van der Waals surface area contributed by atoms with E-state index in [1.165, 1.54) is 24.3 Å². The lowest BCUT2D eigenvalue weighted by molar-refractivity contribution is 0.0997. The standard InChI is InChI=1S/C13H11NO3S/c14-13(15)11-8-4-5-9-12(11)18(16,17)10-6-2-1-3-7-10/h1-9H,(H2,14,15). The van der Waals surface area contributed by atoms with Gasteiger partial charge in [0.2, 0.25) is 15.7 Å². The first-order valence-electron chi connectivity index (χ1n) is 5.22. The number of amides is 1. The molecule has 0 spiro atoms. The summed E-state index contributed by atoms with van der Waals surface area (Å²) in [6.45, 7) is 0. The summed E-state index contributed by atoms with van der Waals surface area (Å²) < 4.78 is 24.7. The Hall–Kier alpha value is -2.14. The van der Waals surface area contributed by atoms with Crippen LogP contribution in [0.25, 0.3) is 0 Å². The first kappa shape index (κ1) is 12.3. The highest BCUT2D eigenvalue weighted by molar-refractivity contribution is 7.91. The van der Waals surface area contributed by atoms with Crippen LogP contribution in [0.1, 0.15) is 10.4 Å². The SMILES string of the molecule is NC(=O)c1ccccc1S(=O)(=O)c1ccccc1. The molecule has 0 saturated heterocycles. The molecule has 2 aromatic carbocycles. The summed E-state index contributed by atoms with van der Waals surface area (Å²) in [7, 11) is -3.72. The maximum atomic E-state index is 12.4. The smallest absolute Gasteiger partial charge is 0.250 e. The van der Waals surface area contributed by atoms with Crippen LogP contribution < -0.4 is 5.73 Å². The lowest BCUT2D eigenvalue weighted by Crippen LogP contribution is -2.16. The molecule has 0 aliphatic heterocycles. The van der Waals surface area contributed by atoms with E-state index in [1.54, 1.807) is 30.3 Å². The van der Waals surface area contributed by atoms with Gasteiger partial charge < -0.3 is 5.73 Å². The summed E-state index contributed by atoms with van der Waals surface area (Å²) in [6, 6.07) is 13.8. The van der Waals surface area contributed by atoms with Crippen LogP contribution in [0.15, 0.2) is 64.4 Å². The Balaban J connectivity index is 2.66. The van der Waals surface area contributed by atoms with E-state index in [1.807, 2.05) is 0 Å². The molecule has 2 aromatic rings. The fourth-order valence-electron chi connectivity index (χ4n) is 1.63. The number of benzene rings is 2. The van der Waals surface area contributed by atoms with Gasteiger partial charge in [-0.15, -0.1) is 0 Å². The third-order valence-electron chi connectivity index (χ3n) is 2.50. The van der Waals surface area contributed by atoms with Crippen molar-refractivity contribution in [2.24, 2.45) is 5.73 Å². The zero-order chi connectivity index (χ0) is 13.2. The number of rotatable bonds is 3. The number of nitrogens with two attached hydrogens (primary N) is 1. The summed E-state index contributed by atoms with van der Waals surface area (Å²) in [4.78, 5) is 11.3. The van der Waals surface area contributed by atoms with Crippen molar-refractivity contribution in [1.82, 2.24) is 0 Å². The van der Waals surface area contributed by atoms with Crippen molar-refractivity contribution >= 4 is 15.7 Å². The molecule has 0 atom stereocenters. The Morgan fingerprint density at radius 1 is 0.889 bits per heavy atom. The Labute approximate surface area is 105 Å². The average molecular weight is 261 g/mol. The summed E-state index contributed by atoms with van der Waals surface area (Å²) in [5.74, 6) is -0.759. The van der Waals surface area contributed by atoms with Crippen molar-refractivity contribution in [1.29, 1.82) is 0 Å². The monoisotopic (exact) mass is 261 g/mol. The number of hydrogen-bond acceptors (Lipinski definition) is 3. The van der Waals surface area contributed by atoms with Crippen molar-refractivity contribution in [2.75, 3.05) is 0 Å². The quantitative estimate of drug-likeness (QED) is 0.912. The third kappa shape index (κ3) is 2.12. The second-order valence-corrected chi connectivity index (χ2v) is 5.60. The summed E-state index contributed by atoms with van der Waals surface area (Å²) in [5, 5.41) is 0. The molecule has 2 N–H and O–H groups in total. The Kier molecular flexibility index (Phi) is 3.16. The molecule has 2 rings (SSSR count). The molecule has 18 heavy (non-hydrogen) atoms. The molecular formula is C13H11NO3S. The maximum Gasteiger partial charge on any atom is 0.250 e. The van der Waals surface area contributed by atoms with Gasteiger partial charge in [-0.05, 0) is 24.3 Å². The van der Waals surface area contributed by atoms with Crippen molar-refractivity contribution in [3.05, 3.63) is 60.2 Å². The van der Waals surface area contributed by atoms with E-state index in [0.29, 0.717) is 0 Å². The van der Waals surface area contributed by atoms with E-state index in [9.17, 15) is 13.2 Å². The van der Waals surface area contributed by atoms with Crippen LogP contribution in [0.3, 0.4) is 0 Å². The van der Waals surface area contributed by atoms with E-state index in [0.717, 1.165) is 0 Å². The highest BCUT2D eigenvalue weighted by Crippen LogP contribution is 2.23. The van der Waals surface area contributed by atoms with Gasteiger partial charge in [0.15, 0.2) is 0 Å². The second-order valence-electron chi connectivity index (χ2n) is 3.68. The van der Waals surface area contributed by atoms with E-state index >= 15 is 0 Å². The second kappa shape index (κ2) is 4.62. The first-order valence-corrected chi connectivity index (χ1v) is 6.71. The van der Waals surface area contributed by atoms with Gasteiger partial charge in [0.25, 0.3) is 0 Å². The van der Waals surface area contributed by atoms with Crippen LogP contribution in [-0.4, -0.2) is 14.3 Å². The Morgan fingerprint density at radius 2 is 1.44 bits per heavy atom. The summed E-state index contributed by atoms with van der Waals surface area (Å²) in [6.07, 6.45) is 0. The summed E-state index contributed by atoms with van der Waals surface area (Å²) >= 11 is 0. The first-order chi connectivity index (χ1) is 8.53. The van der Waals surface area contributed by atoms with Crippen LogP contribution in [-0.2, 0) is 9.84 Å². The number of carbonyl (C=O) groups is 1. The molecule has 5 heteroatoms. The Morgan fingerprint density at radius 3 is 2.06 bits per heavy atom. The zero-order valence-electron chi connectivity index (χ0n) is 9.41. The van der Waals surface area contributed by atoms with Gasteiger partial charge in [0, 0.05) is 0 Å². The normalized spacial score (nSPS) is 11.1. The molecule has 0 heterocycles. The van der Waals surface area contributed by atoms with Gasteiger partial charge in [-0.1, -0.05) is 30.3 Å². The van der Waals surface area contributed by atoms with Gasteiger partial charge in [-0.2, -0.15) is 0 Å². The van der Waals surface area contributed by atoms with Gasteiger partial charge >= 0.3 is 0 Å². The van der Waals surface area contributed by atoms with E-state index in [2.05, 4.69) is 0 Å². The fourth-order valence-corrected chi connectivity index (χ4v) is 3.12. The lowest BCUT2D eigenvalue weighted by atomic mass is 10.2. The number of primary amides is 1. The minimum Gasteiger partial charge on any atom is -0.366 e. The van der Waals surface area contributed by atoms with Gasteiger partial charge in [0.05, 0.1) is 15.4 Å². The highest BCUT2D eigenvalue weighted by Gasteiger charge is 2.22. The number of hydrogen-bond donors (Lipinski definition) is 1. The van der Waals surface area contributed by atoms with Crippen molar-refractivity contribution in [3.8, 4) is 0 Å². The van der Waals surface area contributed by atoms with E-state index < -0.39 is 15.7 Å². The lowest BCUT2D eigenvalue weighted by Gasteiger charge is -2.07. The highest BCUT2D eigenvalue weighted by atomic mass is 32.2. The van der Waals surface area contributed by atoms with E-state index in [-0.39, 0.29) is 15.4 Å². The topological polar surface area (TPSA) is 77.2 Å². The number of carbonyl (C=O) groups excluding carboxylic acids is 1. The van der Waals surface area contributed by atoms with Gasteiger partial charge in [-0.3, -0.25) is 4.79 Å². The molecule has 4 nitrogen and oxygen atoms in total. The molecule has 0 radical (unpaired) electrons. The minimum absolute atomic E-state index is 0.00125. The molecule has 0 aromatic heterocycles. The molecule has 0 unspecified atom stereocenters. The largest absolute Gasteiger partial charge is 0.366 e. The molecule has 1 amide bonds. The molecule has 0 aliphatic carbocycles. The third-order valence-corrected chi connectivity index (χ3v) is 4.32. The van der Waals surface area contributed by atoms with Crippen molar-refractivity contribution in [3.63, 3.8) is 0 Å². The van der Waals surface area contributed by atoms with Crippen molar-refractivity contribution < 1.29 is 13.2 Å². The van der Waals surface area contributed by atoms with Crippen molar-refractivity contribution in [2.45, 2.75) is 9.79 Å². The van der Waals surface area contributed by atoms with Crippen LogP contribution in [0, 0.1) is 0 Å². The van der Waals surface area contributed by atoms with Gasteiger partial charge in [0.1, 0.15) is 0 Å². The average Bonchev–Trinajstić information content (AvgIpc) is 2.39. The van der Waals surface area contributed by atoms with E-state index in [4.69, 9.17) is 5.73 Å². The molecule has 0 saturated carbocycles. The van der Waals surface area contributed by atoms with Gasteiger partial charge in [-0.25, -0.2) is 8.42 Å². The summed E-state index contributed by atoms with van der Waals surface area (Å²) in [5.41, 5.74) is 5.19. The zero-order valence-corrected chi connectivity index (χ0v) is 10.2. The minimum atomic E-state index is -3.72. The molecule has 0 aliphatic rings. The fraction of sp³-hybridized carbons (Fsp3) is 0. The molecule has 0 fully saturated rings. The molecular weight excluding hydrogens is 250 g/mol. The molecule has 92 valence electrons. The predicted molar refractivity (Wildman–Crippen MR) is 66.9 cm³/mol. The predicted octanol–water partition coefficient (Wildman–Crippen LogP) is 1.62. The van der Waals surface area contributed by atoms with Crippen LogP contribution in [0.5, 0.6) is 0 Å². The number of sulfone groups is 1. The van der Waals surface area contributed by atoms with Crippen LogP contribution >= 0.6 is 0 Å².